The molecule has 1 aromatic rings. The molecule has 116 valence electrons. The zero-order valence-corrected chi connectivity index (χ0v) is 12.8. The van der Waals surface area contributed by atoms with Crippen LogP contribution < -0.4 is 5.32 Å². The number of aliphatic hydroxyl groups excluding tert-OH is 1. The second-order valence-electron chi connectivity index (χ2n) is 5.77. The van der Waals surface area contributed by atoms with Crippen LogP contribution in [0, 0.1) is 0 Å². The highest BCUT2D eigenvalue weighted by molar-refractivity contribution is 7.07. The summed E-state index contributed by atoms with van der Waals surface area (Å²) in [5.41, 5.74) is 1.04. The Morgan fingerprint density at radius 1 is 1.43 bits per heavy atom. The van der Waals surface area contributed by atoms with E-state index in [0.717, 1.165) is 44.7 Å². The first-order valence-electron chi connectivity index (χ1n) is 7.54. The lowest BCUT2D eigenvalue weighted by Crippen LogP contribution is -2.51. The molecule has 0 radical (unpaired) electrons. The molecule has 1 amide bonds. The lowest BCUT2D eigenvalue weighted by molar-refractivity contribution is -0.122. The molecule has 0 aromatic carbocycles. The van der Waals surface area contributed by atoms with Crippen molar-refractivity contribution in [1.82, 2.24) is 10.2 Å². The van der Waals surface area contributed by atoms with Gasteiger partial charge in [0.05, 0.1) is 31.8 Å². The average molecular weight is 310 g/mol. The van der Waals surface area contributed by atoms with Crippen LogP contribution in [0.1, 0.15) is 18.4 Å². The Morgan fingerprint density at radius 3 is 2.95 bits per heavy atom. The van der Waals surface area contributed by atoms with Gasteiger partial charge >= 0.3 is 0 Å². The van der Waals surface area contributed by atoms with E-state index in [1.807, 2.05) is 16.8 Å². The third-order valence-electron chi connectivity index (χ3n) is 4.39. The van der Waals surface area contributed by atoms with E-state index in [0.29, 0.717) is 6.42 Å². The summed E-state index contributed by atoms with van der Waals surface area (Å²) in [4.78, 5) is 14.3. The molecule has 3 rings (SSSR count). The Bertz CT molecular complexity index is 459. The normalized spacial score (nSPS) is 30.4. The molecule has 1 aliphatic carbocycles. The number of thiophene rings is 1. The van der Waals surface area contributed by atoms with E-state index >= 15 is 0 Å². The van der Waals surface area contributed by atoms with Crippen LogP contribution in [0.25, 0.3) is 0 Å². The Morgan fingerprint density at radius 2 is 2.24 bits per heavy atom. The van der Waals surface area contributed by atoms with Gasteiger partial charge in [-0.25, -0.2) is 0 Å². The molecule has 2 aliphatic rings. The number of hydrogen-bond acceptors (Lipinski definition) is 5. The summed E-state index contributed by atoms with van der Waals surface area (Å²) in [7, 11) is 0. The molecule has 0 spiro atoms. The molecule has 1 saturated carbocycles. The number of carbonyl (C=O) groups excluding carboxylic acids is 1. The van der Waals surface area contributed by atoms with E-state index in [2.05, 4.69) is 10.2 Å². The first-order valence-corrected chi connectivity index (χ1v) is 8.48. The molecule has 3 atom stereocenters. The molecular formula is C15H22N2O3S. The minimum atomic E-state index is -0.477. The summed E-state index contributed by atoms with van der Waals surface area (Å²) in [5.74, 6) is 0.0000718. The number of nitrogens with zero attached hydrogens (tertiary/aromatic N) is 1. The minimum Gasteiger partial charge on any atom is -0.389 e. The van der Waals surface area contributed by atoms with Gasteiger partial charge in [0.25, 0.3) is 0 Å². The van der Waals surface area contributed by atoms with Crippen LogP contribution in [-0.4, -0.2) is 60.4 Å². The van der Waals surface area contributed by atoms with Gasteiger partial charge in [-0.05, 0) is 35.2 Å². The number of aliphatic hydroxyl groups is 1. The largest absolute Gasteiger partial charge is 0.389 e. The van der Waals surface area contributed by atoms with Gasteiger partial charge in [-0.1, -0.05) is 0 Å². The van der Waals surface area contributed by atoms with E-state index in [1.54, 1.807) is 11.3 Å². The van der Waals surface area contributed by atoms with Crippen molar-refractivity contribution < 1.29 is 14.6 Å². The third kappa shape index (κ3) is 3.63. The Kier molecular flexibility index (Phi) is 4.90. The lowest BCUT2D eigenvalue weighted by atomic mass is 10.1. The smallest absolute Gasteiger partial charge is 0.224 e. The van der Waals surface area contributed by atoms with Crippen molar-refractivity contribution in [3.63, 3.8) is 0 Å². The molecular weight excluding hydrogens is 288 g/mol. The molecule has 21 heavy (non-hydrogen) atoms. The van der Waals surface area contributed by atoms with Crippen LogP contribution in [0.2, 0.25) is 0 Å². The summed E-state index contributed by atoms with van der Waals surface area (Å²) >= 11 is 1.60. The number of rotatable bonds is 4. The van der Waals surface area contributed by atoms with Gasteiger partial charge < -0.3 is 15.2 Å². The molecule has 6 heteroatoms. The highest BCUT2D eigenvalue weighted by Gasteiger charge is 2.39. The number of ether oxygens (including phenoxy) is 1. The zero-order chi connectivity index (χ0) is 14.7. The van der Waals surface area contributed by atoms with Crippen LogP contribution in [0.15, 0.2) is 16.8 Å². The SMILES string of the molecule is O=C(Cc1ccsc1)N[C@@H]1CC[C@@H](N2CCOCC2)[C@@H]1O. The summed E-state index contributed by atoms with van der Waals surface area (Å²) in [6.07, 6.45) is 1.70. The summed E-state index contributed by atoms with van der Waals surface area (Å²) in [6, 6.07) is 2.00. The van der Waals surface area contributed by atoms with E-state index in [-0.39, 0.29) is 18.0 Å². The molecule has 2 fully saturated rings. The predicted molar refractivity (Wildman–Crippen MR) is 81.4 cm³/mol. The van der Waals surface area contributed by atoms with Gasteiger partial charge in [0, 0.05) is 19.1 Å². The number of hydrogen-bond donors (Lipinski definition) is 2. The van der Waals surface area contributed by atoms with Gasteiger partial charge in [-0.15, -0.1) is 0 Å². The van der Waals surface area contributed by atoms with E-state index < -0.39 is 6.10 Å². The van der Waals surface area contributed by atoms with Crippen molar-refractivity contribution in [3.05, 3.63) is 22.4 Å². The van der Waals surface area contributed by atoms with Crippen molar-refractivity contribution in [2.24, 2.45) is 0 Å². The molecule has 2 N–H and O–H groups in total. The van der Waals surface area contributed by atoms with Gasteiger partial charge in [0.15, 0.2) is 0 Å². The van der Waals surface area contributed by atoms with Gasteiger partial charge in [-0.3, -0.25) is 9.69 Å². The predicted octanol–water partition coefficient (Wildman–Crippen LogP) is 0.631. The molecule has 5 nitrogen and oxygen atoms in total. The van der Waals surface area contributed by atoms with Gasteiger partial charge in [-0.2, -0.15) is 11.3 Å². The van der Waals surface area contributed by atoms with Gasteiger partial charge in [0.1, 0.15) is 0 Å². The monoisotopic (exact) mass is 310 g/mol. The Balaban J connectivity index is 1.51. The van der Waals surface area contributed by atoms with E-state index in [1.165, 1.54) is 0 Å². The third-order valence-corrected chi connectivity index (χ3v) is 5.12. The van der Waals surface area contributed by atoms with Crippen LogP contribution in [0.4, 0.5) is 0 Å². The van der Waals surface area contributed by atoms with E-state index in [4.69, 9.17) is 4.74 Å². The summed E-state index contributed by atoms with van der Waals surface area (Å²) in [5, 5.41) is 17.4. The summed E-state index contributed by atoms with van der Waals surface area (Å²) < 4.78 is 5.35. The second-order valence-corrected chi connectivity index (χ2v) is 6.55. The Hall–Kier alpha value is -0.950. The maximum Gasteiger partial charge on any atom is 0.224 e. The van der Waals surface area contributed by atoms with Crippen molar-refractivity contribution in [2.45, 2.75) is 37.5 Å². The van der Waals surface area contributed by atoms with Crippen LogP contribution in [0.5, 0.6) is 0 Å². The molecule has 0 unspecified atom stereocenters. The van der Waals surface area contributed by atoms with Crippen LogP contribution in [0.3, 0.4) is 0 Å². The highest BCUT2D eigenvalue weighted by atomic mass is 32.1. The first kappa shape index (κ1) is 15.0. The van der Waals surface area contributed by atoms with Crippen molar-refractivity contribution >= 4 is 17.2 Å². The molecule has 2 heterocycles. The van der Waals surface area contributed by atoms with Gasteiger partial charge in [0.2, 0.25) is 5.91 Å². The second kappa shape index (κ2) is 6.87. The van der Waals surface area contributed by atoms with Crippen LogP contribution >= 0.6 is 11.3 Å². The fourth-order valence-electron chi connectivity index (χ4n) is 3.26. The number of morpholine rings is 1. The number of amides is 1. The number of carbonyl (C=O) groups is 1. The van der Waals surface area contributed by atoms with Crippen molar-refractivity contribution in [3.8, 4) is 0 Å². The fraction of sp³-hybridized carbons (Fsp3) is 0.667. The maximum atomic E-state index is 12.0. The lowest BCUT2D eigenvalue weighted by Gasteiger charge is -2.34. The fourth-order valence-corrected chi connectivity index (χ4v) is 3.93. The van der Waals surface area contributed by atoms with Crippen molar-refractivity contribution in [1.29, 1.82) is 0 Å². The first-order chi connectivity index (χ1) is 10.2. The van der Waals surface area contributed by atoms with Crippen molar-refractivity contribution in [2.75, 3.05) is 26.3 Å². The molecule has 1 aromatic heterocycles. The molecule has 1 saturated heterocycles. The van der Waals surface area contributed by atoms with E-state index in [9.17, 15) is 9.90 Å². The highest BCUT2D eigenvalue weighted by Crippen LogP contribution is 2.25. The standard InChI is InChI=1S/C15H22N2O3S/c18-14(9-11-3-8-21-10-11)16-12-1-2-13(15(12)19)17-4-6-20-7-5-17/h3,8,10,12-13,15,19H,1-2,4-7,9H2,(H,16,18)/t12-,13-,15-/m1/s1. The quantitative estimate of drug-likeness (QED) is 0.856. The minimum absolute atomic E-state index is 0.0000718. The number of nitrogens with one attached hydrogen (secondary N) is 1. The Labute approximate surface area is 128 Å². The summed E-state index contributed by atoms with van der Waals surface area (Å²) in [6.45, 7) is 3.21. The average Bonchev–Trinajstić information content (AvgIpc) is 3.11. The zero-order valence-electron chi connectivity index (χ0n) is 12.0. The van der Waals surface area contributed by atoms with Crippen LogP contribution in [-0.2, 0) is 16.0 Å². The topological polar surface area (TPSA) is 61.8 Å². The maximum absolute atomic E-state index is 12.0. The molecule has 0 bridgehead atoms. The molecule has 1 aliphatic heterocycles.